The zero-order valence-electron chi connectivity index (χ0n) is 13.3. The van der Waals surface area contributed by atoms with Gasteiger partial charge in [-0.05, 0) is 43.9 Å². The van der Waals surface area contributed by atoms with Gasteiger partial charge in [-0.15, -0.1) is 0 Å². The van der Waals surface area contributed by atoms with E-state index in [4.69, 9.17) is 4.74 Å². The van der Waals surface area contributed by atoms with E-state index in [0.717, 1.165) is 36.2 Å². The van der Waals surface area contributed by atoms with Crippen molar-refractivity contribution in [1.29, 1.82) is 0 Å². The molecule has 2 fully saturated rings. The third-order valence-corrected chi connectivity index (χ3v) is 5.67. The second-order valence-corrected chi connectivity index (χ2v) is 6.74. The monoisotopic (exact) mass is 292 g/mol. The standard InChI is InChI=1S/C17H28N2O2/c1-3-19-16(15(21-2)11-18-19)17(20)14-9-8-12-6-4-5-7-13(12)10-14/h11-14,17,20H,3-10H2,1-2H3. The number of aliphatic hydroxyl groups excluding tert-OH is 1. The number of methoxy groups -OCH3 is 1. The number of ether oxygens (including phenoxy) is 1. The molecule has 0 saturated heterocycles. The fraction of sp³-hybridized carbons (Fsp3) is 0.824. The van der Waals surface area contributed by atoms with E-state index in [1.54, 1.807) is 13.3 Å². The summed E-state index contributed by atoms with van der Waals surface area (Å²) >= 11 is 0. The first-order valence-electron chi connectivity index (χ1n) is 8.52. The maximum atomic E-state index is 10.9. The van der Waals surface area contributed by atoms with Gasteiger partial charge in [-0.2, -0.15) is 5.10 Å². The van der Waals surface area contributed by atoms with Gasteiger partial charge >= 0.3 is 0 Å². The van der Waals surface area contributed by atoms with Gasteiger partial charge in [0.15, 0.2) is 5.75 Å². The number of nitrogens with zero attached hydrogens (tertiary/aromatic N) is 2. The first kappa shape index (κ1) is 14.9. The van der Waals surface area contributed by atoms with Crippen molar-refractivity contribution < 1.29 is 9.84 Å². The Labute approximate surface area is 127 Å². The zero-order chi connectivity index (χ0) is 14.8. The van der Waals surface area contributed by atoms with E-state index >= 15 is 0 Å². The molecule has 2 saturated carbocycles. The van der Waals surface area contributed by atoms with Gasteiger partial charge in [-0.3, -0.25) is 4.68 Å². The van der Waals surface area contributed by atoms with Gasteiger partial charge in [-0.1, -0.05) is 25.7 Å². The number of aromatic nitrogens is 2. The summed E-state index contributed by atoms with van der Waals surface area (Å²) < 4.78 is 7.29. The van der Waals surface area contributed by atoms with Crippen LogP contribution in [0.2, 0.25) is 0 Å². The fourth-order valence-corrected chi connectivity index (χ4v) is 4.51. The van der Waals surface area contributed by atoms with Crippen molar-refractivity contribution in [2.45, 2.75) is 64.5 Å². The Morgan fingerprint density at radius 1 is 1.29 bits per heavy atom. The summed E-state index contributed by atoms with van der Waals surface area (Å²) in [5.74, 6) is 2.84. The molecule has 4 atom stereocenters. The van der Waals surface area contributed by atoms with Crippen molar-refractivity contribution in [3.8, 4) is 5.75 Å². The van der Waals surface area contributed by atoms with Gasteiger partial charge in [-0.25, -0.2) is 0 Å². The maximum absolute atomic E-state index is 10.9. The van der Waals surface area contributed by atoms with Crippen LogP contribution in [0.3, 0.4) is 0 Å². The highest BCUT2D eigenvalue weighted by Gasteiger charge is 2.37. The first-order chi connectivity index (χ1) is 10.2. The highest BCUT2D eigenvalue weighted by Crippen LogP contribution is 2.47. The van der Waals surface area contributed by atoms with Crippen LogP contribution in [-0.2, 0) is 6.54 Å². The molecular weight excluding hydrogens is 264 g/mol. The summed E-state index contributed by atoms with van der Waals surface area (Å²) in [6, 6.07) is 0. The molecular formula is C17H28N2O2. The Morgan fingerprint density at radius 2 is 2.05 bits per heavy atom. The summed E-state index contributed by atoms with van der Waals surface area (Å²) in [7, 11) is 1.66. The summed E-state index contributed by atoms with van der Waals surface area (Å²) in [5, 5.41) is 15.2. The summed E-state index contributed by atoms with van der Waals surface area (Å²) in [4.78, 5) is 0. The first-order valence-corrected chi connectivity index (χ1v) is 8.52. The summed E-state index contributed by atoms with van der Waals surface area (Å²) in [6.45, 7) is 2.83. The summed E-state index contributed by atoms with van der Waals surface area (Å²) in [6.07, 6.45) is 10.4. The van der Waals surface area contributed by atoms with E-state index in [0.29, 0.717) is 5.92 Å². The zero-order valence-corrected chi connectivity index (χ0v) is 13.3. The Morgan fingerprint density at radius 3 is 2.76 bits per heavy atom. The van der Waals surface area contributed by atoms with Crippen LogP contribution in [0.4, 0.5) is 0 Å². The van der Waals surface area contributed by atoms with Crippen LogP contribution in [0, 0.1) is 17.8 Å². The van der Waals surface area contributed by atoms with Crippen LogP contribution in [-0.4, -0.2) is 22.0 Å². The maximum Gasteiger partial charge on any atom is 0.162 e. The highest BCUT2D eigenvalue weighted by atomic mass is 16.5. The Hall–Kier alpha value is -1.03. The molecule has 4 heteroatoms. The van der Waals surface area contributed by atoms with Crippen molar-refractivity contribution >= 4 is 0 Å². The van der Waals surface area contributed by atoms with E-state index in [1.807, 2.05) is 4.68 Å². The second kappa shape index (κ2) is 6.39. The van der Waals surface area contributed by atoms with Crippen molar-refractivity contribution in [3.63, 3.8) is 0 Å². The minimum Gasteiger partial charge on any atom is -0.493 e. The molecule has 0 aliphatic heterocycles. The quantitative estimate of drug-likeness (QED) is 0.923. The number of aryl methyl sites for hydroxylation is 1. The lowest BCUT2D eigenvalue weighted by atomic mass is 9.66. The normalized spacial score (nSPS) is 30.7. The number of hydrogen-bond acceptors (Lipinski definition) is 3. The third kappa shape index (κ3) is 2.83. The molecule has 1 heterocycles. The predicted molar refractivity (Wildman–Crippen MR) is 82.2 cm³/mol. The number of rotatable bonds is 4. The Kier molecular flexibility index (Phi) is 4.53. The van der Waals surface area contributed by atoms with Crippen LogP contribution in [0.15, 0.2) is 6.20 Å². The van der Waals surface area contributed by atoms with Gasteiger partial charge < -0.3 is 9.84 Å². The van der Waals surface area contributed by atoms with Crippen molar-refractivity contribution in [1.82, 2.24) is 9.78 Å². The topological polar surface area (TPSA) is 47.3 Å². The summed E-state index contributed by atoms with van der Waals surface area (Å²) in [5.41, 5.74) is 0.874. The van der Waals surface area contributed by atoms with Crippen molar-refractivity contribution in [2.75, 3.05) is 7.11 Å². The molecule has 0 bridgehead atoms. The van der Waals surface area contributed by atoms with E-state index in [1.165, 1.54) is 38.5 Å². The number of aliphatic hydroxyl groups is 1. The second-order valence-electron chi connectivity index (χ2n) is 6.74. The predicted octanol–water partition coefficient (Wildman–Crippen LogP) is 3.55. The largest absolute Gasteiger partial charge is 0.493 e. The molecule has 1 aromatic heterocycles. The molecule has 1 aromatic rings. The minimum absolute atomic E-state index is 0.361. The molecule has 2 aliphatic carbocycles. The Balaban J connectivity index is 1.76. The molecule has 1 N–H and O–H groups in total. The van der Waals surface area contributed by atoms with Crippen LogP contribution >= 0.6 is 0 Å². The van der Waals surface area contributed by atoms with Crippen LogP contribution in [0.25, 0.3) is 0 Å². The van der Waals surface area contributed by atoms with Crippen LogP contribution in [0.1, 0.15) is 63.7 Å². The van der Waals surface area contributed by atoms with E-state index in [9.17, 15) is 5.11 Å². The third-order valence-electron chi connectivity index (χ3n) is 5.67. The lowest BCUT2D eigenvalue weighted by Gasteiger charge is -2.40. The van der Waals surface area contributed by atoms with Gasteiger partial charge in [0.1, 0.15) is 11.8 Å². The highest BCUT2D eigenvalue weighted by molar-refractivity contribution is 5.28. The molecule has 4 nitrogen and oxygen atoms in total. The molecule has 2 aliphatic rings. The lowest BCUT2D eigenvalue weighted by molar-refractivity contribution is 0.0288. The molecule has 0 aromatic carbocycles. The SMILES string of the molecule is CCn1ncc(OC)c1C(O)C1CCC2CCCCC2C1. The molecule has 0 radical (unpaired) electrons. The average molecular weight is 292 g/mol. The van der Waals surface area contributed by atoms with E-state index in [2.05, 4.69) is 12.0 Å². The van der Waals surface area contributed by atoms with Crippen molar-refractivity contribution in [3.05, 3.63) is 11.9 Å². The molecule has 4 unspecified atom stereocenters. The van der Waals surface area contributed by atoms with Crippen molar-refractivity contribution in [2.24, 2.45) is 17.8 Å². The average Bonchev–Trinajstić information content (AvgIpc) is 2.96. The fourth-order valence-electron chi connectivity index (χ4n) is 4.51. The molecule has 0 spiro atoms. The van der Waals surface area contributed by atoms with Gasteiger partial charge in [0.2, 0.25) is 0 Å². The molecule has 3 rings (SSSR count). The molecule has 118 valence electrons. The van der Waals surface area contributed by atoms with Gasteiger partial charge in [0.05, 0.1) is 13.3 Å². The molecule has 0 amide bonds. The van der Waals surface area contributed by atoms with Gasteiger partial charge in [0, 0.05) is 6.54 Å². The van der Waals surface area contributed by atoms with E-state index in [-0.39, 0.29) is 0 Å². The van der Waals surface area contributed by atoms with Crippen LogP contribution < -0.4 is 4.74 Å². The number of fused-ring (bicyclic) bond motifs is 1. The Bertz CT molecular complexity index is 450. The minimum atomic E-state index is -0.440. The van der Waals surface area contributed by atoms with E-state index < -0.39 is 6.10 Å². The molecule has 21 heavy (non-hydrogen) atoms. The van der Waals surface area contributed by atoms with Gasteiger partial charge in [0.25, 0.3) is 0 Å². The lowest BCUT2D eigenvalue weighted by Crippen LogP contribution is -2.31. The van der Waals surface area contributed by atoms with Crippen LogP contribution in [0.5, 0.6) is 5.75 Å². The number of hydrogen-bond donors (Lipinski definition) is 1. The smallest absolute Gasteiger partial charge is 0.162 e.